The number of aryl methyl sites for hydroxylation is 1. The Balaban J connectivity index is 1.54. The van der Waals surface area contributed by atoms with E-state index in [0.717, 1.165) is 11.3 Å². The number of hydrogen-bond acceptors (Lipinski definition) is 5. The van der Waals surface area contributed by atoms with Crippen molar-refractivity contribution in [2.45, 2.75) is 13.0 Å². The van der Waals surface area contributed by atoms with Crippen molar-refractivity contribution in [1.82, 2.24) is 4.57 Å². The van der Waals surface area contributed by atoms with E-state index in [0.29, 0.717) is 25.0 Å². The zero-order valence-electron chi connectivity index (χ0n) is 16.7. The predicted molar refractivity (Wildman–Crippen MR) is 117 cm³/mol. The van der Waals surface area contributed by atoms with Crippen molar-refractivity contribution in [1.29, 1.82) is 0 Å². The van der Waals surface area contributed by atoms with Gasteiger partial charge in [0.05, 0.1) is 17.7 Å². The van der Waals surface area contributed by atoms with Crippen molar-refractivity contribution in [3.05, 3.63) is 84.4 Å². The lowest BCUT2D eigenvalue weighted by Gasteiger charge is -2.08. The highest BCUT2D eigenvalue weighted by Gasteiger charge is 2.17. The van der Waals surface area contributed by atoms with Gasteiger partial charge >= 0.3 is 0 Å². The smallest absolute Gasteiger partial charge is 0.299 e. The van der Waals surface area contributed by atoms with Crippen molar-refractivity contribution < 1.29 is 19.7 Å². The number of carbonyl (C=O) groups is 1. The molecule has 3 aromatic carbocycles. The first-order valence-electron chi connectivity index (χ1n) is 9.87. The van der Waals surface area contributed by atoms with E-state index in [1.807, 2.05) is 54.6 Å². The zero-order chi connectivity index (χ0) is 21.6. The molecular formula is C24H21N3O4. The molecule has 156 valence electrons. The number of nitrogens with zero attached hydrogens (tertiary/aromatic N) is 3. The Morgan fingerprint density at radius 1 is 0.903 bits per heavy atom. The third-order valence-corrected chi connectivity index (χ3v) is 4.83. The van der Waals surface area contributed by atoms with Crippen LogP contribution in [0.15, 0.2) is 89.1 Å². The van der Waals surface area contributed by atoms with Gasteiger partial charge in [-0.15, -0.1) is 10.2 Å². The molecule has 0 aliphatic carbocycles. The van der Waals surface area contributed by atoms with E-state index in [1.54, 1.807) is 16.7 Å². The number of phenols is 1. The first kappa shape index (κ1) is 20.2. The Hall–Kier alpha value is -4.13. The third-order valence-electron chi connectivity index (χ3n) is 4.83. The average Bonchev–Trinajstić information content (AvgIpc) is 3.07. The van der Waals surface area contributed by atoms with Crippen LogP contribution in [0.25, 0.3) is 10.9 Å². The molecule has 1 amide bonds. The number of amides is 1. The van der Waals surface area contributed by atoms with Crippen LogP contribution in [0.2, 0.25) is 0 Å². The predicted octanol–water partition coefficient (Wildman–Crippen LogP) is 5.45. The molecule has 31 heavy (non-hydrogen) atoms. The number of phenolic OH excluding ortho intramolecular Hbond substituents is 1. The fraction of sp³-hybridized carbons (Fsp3) is 0.125. The van der Waals surface area contributed by atoms with Gasteiger partial charge in [-0.2, -0.15) is 0 Å². The Kier molecular flexibility index (Phi) is 5.93. The molecule has 4 rings (SSSR count). The second kappa shape index (κ2) is 9.13. The van der Waals surface area contributed by atoms with E-state index < -0.39 is 5.91 Å². The maximum Gasteiger partial charge on any atom is 0.299 e. The van der Waals surface area contributed by atoms with Gasteiger partial charge in [0.1, 0.15) is 11.5 Å². The van der Waals surface area contributed by atoms with E-state index in [4.69, 9.17) is 4.74 Å². The number of carbonyl (C=O) groups excluding carboxylic acids is 1. The van der Waals surface area contributed by atoms with Crippen molar-refractivity contribution >= 4 is 22.5 Å². The molecule has 0 spiro atoms. The molecule has 0 saturated heterocycles. The lowest BCUT2D eigenvalue weighted by atomic mass is 10.2. The second-order valence-electron chi connectivity index (χ2n) is 6.88. The summed E-state index contributed by atoms with van der Waals surface area (Å²) in [4.78, 5) is 12.3. The number of aromatic hydroxyl groups is 2. The van der Waals surface area contributed by atoms with Crippen LogP contribution < -0.4 is 4.74 Å². The van der Waals surface area contributed by atoms with E-state index >= 15 is 0 Å². The molecule has 0 saturated carbocycles. The average molecular weight is 415 g/mol. The monoisotopic (exact) mass is 415 g/mol. The fourth-order valence-corrected chi connectivity index (χ4v) is 3.33. The van der Waals surface area contributed by atoms with Gasteiger partial charge in [0.15, 0.2) is 5.69 Å². The van der Waals surface area contributed by atoms with E-state index in [9.17, 15) is 15.0 Å². The number of aromatic nitrogens is 1. The molecule has 0 unspecified atom stereocenters. The summed E-state index contributed by atoms with van der Waals surface area (Å²) < 4.78 is 7.45. The van der Waals surface area contributed by atoms with Gasteiger partial charge in [-0.05, 0) is 36.8 Å². The van der Waals surface area contributed by atoms with Gasteiger partial charge in [-0.1, -0.05) is 48.5 Å². The Morgan fingerprint density at radius 2 is 1.61 bits per heavy atom. The minimum atomic E-state index is -0.689. The number of ether oxygens (including phenoxy) is 1. The standard InChI is InChI=1S/C24H21N3O4/c28-21-14-7-5-12-19(21)23(29)26-25-22-18-11-4-6-13-20(18)27(24(22)30)15-8-16-31-17-9-2-1-3-10-17/h1-7,9-14,28,30H,8,15-16H2. The fourth-order valence-electron chi connectivity index (χ4n) is 3.33. The Morgan fingerprint density at radius 3 is 2.42 bits per heavy atom. The van der Waals surface area contributed by atoms with Crippen molar-refractivity contribution in [3.8, 4) is 17.4 Å². The van der Waals surface area contributed by atoms with E-state index in [2.05, 4.69) is 10.2 Å². The van der Waals surface area contributed by atoms with Crippen molar-refractivity contribution in [3.63, 3.8) is 0 Å². The van der Waals surface area contributed by atoms with Crippen LogP contribution in [-0.4, -0.2) is 27.3 Å². The maximum atomic E-state index is 12.3. The van der Waals surface area contributed by atoms with Gasteiger partial charge in [0, 0.05) is 11.9 Å². The highest BCUT2D eigenvalue weighted by Crippen LogP contribution is 2.39. The molecule has 0 fully saturated rings. The minimum Gasteiger partial charge on any atom is -0.507 e. The molecule has 0 atom stereocenters. The van der Waals surface area contributed by atoms with E-state index in [-0.39, 0.29) is 22.9 Å². The first-order chi connectivity index (χ1) is 15.1. The third kappa shape index (κ3) is 4.40. The molecule has 0 aliphatic heterocycles. The highest BCUT2D eigenvalue weighted by atomic mass is 16.5. The number of benzene rings is 3. The zero-order valence-corrected chi connectivity index (χ0v) is 16.7. The van der Waals surface area contributed by atoms with Crippen LogP contribution >= 0.6 is 0 Å². The molecule has 7 heteroatoms. The number of fused-ring (bicyclic) bond motifs is 1. The van der Waals surface area contributed by atoms with Gasteiger partial charge in [-0.25, -0.2) is 0 Å². The van der Waals surface area contributed by atoms with Crippen LogP contribution in [-0.2, 0) is 6.54 Å². The summed E-state index contributed by atoms with van der Waals surface area (Å²) in [6.45, 7) is 0.987. The summed E-state index contributed by atoms with van der Waals surface area (Å²) in [6, 6.07) is 23.0. The van der Waals surface area contributed by atoms with Crippen LogP contribution in [0.3, 0.4) is 0 Å². The van der Waals surface area contributed by atoms with Crippen molar-refractivity contribution in [2.24, 2.45) is 10.2 Å². The van der Waals surface area contributed by atoms with E-state index in [1.165, 1.54) is 12.1 Å². The van der Waals surface area contributed by atoms with Crippen molar-refractivity contribution in [2.75, 3.05) is 6.61 Å². The highest BCUT2D eigenvalue weighted by molar-refractivity contribution is 5.98. The lowest BCUT2D eigenvalue weighted by Crippen LogP contribution is -2.04. The molecule has 0 radical (unpaired) electrons. The number of hydrogen-bond donors (Lipinski definition) is 2. The minimum absolute atomic E-state index is 0.0486. The molecular weight excluding hydrogens is 394 g/mol. The number of azo groups is 1. The summed E-state index contributed by atoms with van der Waals surface area (Å²) in [7, 11) is 0. The molecule has 0 aliphatic rings. The topological polar surface area (TPSA) is 96.4 Å². The molecule has 1 aromatic heterocycles. The maximum absolute atomic E-state index is 12.3. The summed E-state index contributed by atoms with van der Waals surface area (Å²) in [5.41, 5.74) is 1.04. The van der Waals surface area contributed by atoms with Crippen LogP contribution in [0.1, 0.15) is 16.8 Å². The van der Waals surface area contributed by atoms with Crippen LogP contribution in [0.5, 0.6) is 17.4 Å². The van der Waals surface area contributed by atoms with Crippen LogP contribution in [0.4, 0.5) is 5.69 Å². The normalized spacial score (nSPS) is 11.2. The summed E-state index contributed by atoms with van der Waals surface area (Å²) in [5, 5.41) is 29.0. The number of rotatable bonds is 7. The van der Waals surface area contributed by atoms with Gasteiger partial charge in [-0.3, -0.25) is 4.79 Å². The summed E-state index contributed by atoms with van der Waals surface area (Å²) >= 11 is 0. The Bertz CT molecular complexity index is 1230. The Labute approximate surface area is 178 Å². The van der Waals surface area contributed by atoms with Gasteiger partial charge in [0.2, 0.25) is 5.88 Å². The summed E-state index contributed by atoms with van der Waals surface area (Å²) in [5.74, 6) is -0.141. The SMILES string of the molecule is O=C(N=Nc1c(O)n(CCCOc2ccccc2)c2ccccc12)c1ccccc1O. The molecule has 0 bridgehead atoms. The van der Waals surface area contributed by atoms with Gasteiger partial charge < -0.3 is 19.5 Å². The number of para-hydroxylation sites is 3. The largest absolute Gasteiger partial charge is 0.507 e. The first-order valence-corrected chi connectivity index (χ1v) is 9.87. The molecule has 2 N–H and O–H groups in total. The second-order valence-corrected chi connectivity index (χ2v) is 6.88. The quantitative estimate of drug-likeness (QED) is 0.310. The molecule has 4 aromatic rings. The molecule has 7 nitrogen and oxygen atoms in total. The lowest BCUT2D eigenvalue weighted by molar-refractivity contribution is 0.0992. The molecule has 1 heterocycles. The van der Waals surface area contributed by atoms with Crippen LogP contribution in [0, 0.1) is 0 Å². The van der Waals surface area contributed by atoms with Gasteiger partial charge in [0.25, 0.3) is 5.91 Å². The summed E-state index contributed by atoms with van der Waals surface area (Å²) in [6.07, 6.45) is 0.661.